The Morgan fingerprint density at radius 2 is 1.95 bits per heavy atom. The standard InChI is InChI=1S/C17H22N2OS.ClH/c1-19(14-8-6-13(18)7-9-14)17(20)10-12-11-21-16-5-3-2-4-15(12)16;/h2-5,11,13-14H,6-10,18H2,1H3;1H. The fourth-order valence-electron chi connectivity index (χ4n) is 3.15. The number of hydrogen-bond donors (Lipinski definition) is 1. The summed E-state index contributed by atoms with van der Waals surface area (Å²) in [5, 5.41) is 3.34. The van der Waals surface area contributed by atoms with Gasteiger partial charge in [0.15, 0.2) is 0 Å². The van der Waals surface area contributed by atoms with Gasteiger partial charge in [0.1, 0.15) is 0 Å². The molecule has 2 N–H and O–H groups in total. The van der Waals surface area contributed by atoms with Crippen molar-refractivity contribution < 1.29 is 4.79 Å². The van der Waals surface area contributed by atoms with E-state index in [1.54, 1.807) is 11.3 Å². The Hall–Kier alpha value is -1.10. The van der Waals surface area contributed by atoms with Crippen LogP contribution in [0.25, 0.3) is 10.1 Å². The molecular weight excluding hydrogens is 316 g/mol. The summed E-state index contributed by atoms with van der Waals surface area (Å²) < 4.78 is 1.26. The minimum atomic E-state index is 0. The van der Waals surface area contributed by atoms with E-state index in [0.29, 0.717) is 18.5 Å². The predicted octanol–water partition coefficient (Wildman–Crippen LogP) is 3.59. The first-order valence-corrected chi connectivity index (χ1v) is 8.49. The van der Waals surface area contributed by atoms with Gasteiger partial charge >= 0.3 is 0 Å². The Morgan fingerprint density at radius 3 is 2.68 bits per heavy atom. The van der Waals surface area contributed by atoms with Gasteiger partial charge < -0.3 is 10.6 Å². The smallest absolute Gasteiger partial charge is 0.227 e. The summed E-state index contributed by atoms with van der Waals surface area (Å²) in [6, 6.07) is 8.98. The van der Waals surface area contributed by atoms with Crippen LogP contribution >= 0.6 is 23.7 Å². The van der Waals surface area contributed by atoms with Gasteiger partial charge in [0.2, 0.25) is 5.91 Å². The summed E-state index contributed by atoms with van der Waals surface area (Å²) in [6.45, 7) is 0. The number of carbonyl (C=O) groups excluding carboxylic acids is 1. The Bertz CT molecular complexity index is 634. The first kappa shape index (κ1) is 17.3. The Kier molecular flexibility index (Phi) is 5.84. The number of nitrogens with zero attached hydrogens (tertiary/aromatic N) is 1. The van der Waals surface area contributed by atoms with Gasteiger partial charge in [-0.05, 0) is 48.1 Å². The van der Waals surface area contributed by atoms with Gasteiger partial charge in [0, 0.05) is 23.8 Å². The molecule has 3 nitrogen and oxygen atoms in total. The predicted molar refractivity (Wildman–Crippen MR) is 95.8 cm³/mol. The van der Waals surface area contributed by atoms with Crippen molar-refractivity contribution in [2.45, 2.75) is 44.2 Å². The molecule has 1 amide bonds. The molecule has 0 atom stereocenters. The van der Waals surface area contributed by atoms with Crippen molar-refractivity contribution in [2.24, 2.45) is 5.73 Å². The molecule has 1 aliphatic carbocycles. The highest BCUT2D eigenvalue weighted by molar-refractivity contribution is 7.17. The largest absolute Gasteiger partial charge is 0.342 e. The molecule has 3 rings (SSSR count). The summed E-state index contributed by atoms with van der Waals surface area (Å²) in [5.41, 5.74) is 7.10. The monoisotopic (exact) mass is 338 g/mol. The number of thiophene rings is 1. The van der Waals surface area contributed by atoms with Crippen molar-refractivity contribution in [1.82, 2.24) is 4.90 Å². The van der Waals surface area contributed by atoms with E-state index < -0.39 is 0 Å². The van der Waals surface area contributed by atoms with E-state index in [4.69, 9.17) is 5.73 Å². The summed E-state index contributed by atoms with van der Waals surface area (Å²) in [7, 11) is 1.94. The maximum Gasteiger partial charge on any atom is 0.227 e. The van der Waals surface area contributed by atoms with Gasteiger partial charge in [-0.3, -0.25) is 4.79 Å². The molecule has 1 aliphatic rings. The zero-order valence-electron chi connectivity index (χ0n) is 12.8. The number of likely N-dealkylation sites (N-methyl/N-ethyl adjacent to an activating group) is 1. The third-order valence-electron chi connectivity index (χ3n) is 4.59. The van der Waals surface area contributed by atoms with Gasteiger partial charge in [-0.1, -0.05) is 18.2 Å². The molecule has 1 saturated carbocycles. The van der Waals surface area contributed by atoms with Crippen LogP contribution in [0.4, 0.5) is 0 Å². The molecule has 22 heavy (non-hydrogen) atoms. The van der Waals surface area contributed by atoms with Crippen LogP contribution in [-0.4, -0.2) is 29.9 Å². The maximum absolute atomic E-state index is 12.5. The Labute approximate surface area is 141 Å². The average Bonchev–Trinajstić information content (AvgIpc) is 2.91. The summed E-state index contributed by atoms with van der Waals surface area (Å²) in [4.78, 5) is 14.5. The van der Waals surface area contributed by atoms with Gasteiger partial charge in [-0.2, -0.15) is 0 Å². The molecule has 0 spiro atoms. The lowest BCUT2D eigenvalue weighted by molar-refractivity contribution is -0.131. The van der Waals surface area contributed by atoms with Crippen molar-refractivity contribution >= 4 is 39.7 Å². The van der Waals surface area contributed by atoms with Crippen LogP contribution in [0.1, 0.15) is 31.2 Å². The van der Waals surface area contributed by atoms with Crippen molar-refractivity contribution in [2.75, 3.05) is 7.05 Å². The summed E-state index contributed by atoms with van der Waals surface area (Å²) in [6.07, 6.45) is 4.64. The van der Waals surface area contributed by atoms with E-state index in [0.717, 1.165) is 31.2 Å². The number of benzene rings is 1. The second kappa shape index (κ2) is 7.44. The third-order valence-corrected chi connectivity index (χ3v) is 5.60. The number of carbonyl (C=O) groups is 1. The summed E-state index contributed by atoms with van der Waals surface area (Å²) in [5.74, 6) is 0.221. The highest BCUT2D eigenvalue weighted by Crippen LogP contribution is 2.27. The van der Waals surface area contributed by atoms with Crippen LogP contribution in [-0.2, 0) is 11.2 Å². The minimum absolute atomic E-state index is 0. The molecule has 1 fully saturated rings. The van der Waals surface area contributed by atoms with E-state index >= 15 is 0 Å². The lowest BCUT2D eigenvalue weighted by atomic mass is 9.91. The molecular formula is C17H23ClN2OS. The van der Waals surface area contributed by atoms with Crippen LogP contribution in [0.2, 0.25) is 0 Å². The SMILES string of the molecule is CN(C(=O)Cc1csc2ccccc12)C1CCC(N)CC1.Cl. The molecule has 120 valence electrons. The van der Waals surface area contributed by atoms with E-state index in [9.17, 15) is 4.79 Å². The van der Waals surface area contributed by atoms with Gasteiger partial charge in [-0.25, -0.2) is 0 Å². The van der Waals surface area contributed by atoms with Gasteiger partial charge in [0.25, 0.3) is 0 Å². The highest BCUT2D eigenvalue weighted by atomic mass is 35.5. The molecule has 0 unspecified atom stereocenters. The molecule has 1 heterocycles. The minimum Gasteiger partial charge on any atom is -0.342 e. The molecule has 2 aromatic rings. The van der Waals surface area contributed by atoms with Crippen molar-refractivity contribution in [3.63, 3.8) is 0 Å². The van der Waals surface area contributed by atoms with Gasteiger partial charge in [-0.15, -0.1) is 23.7 Å². The van der Waals surface area contributed by atoms with Crippen molar-refractivity contribution in [3.8, 4) is 0 Å². The number of amides is 1. The Balaban J connectivity index is 0.00000176. The Morgan fingerprint density at radius 1 is 1.27 bits per heavy atom. The number of rotatable bonds is 3. The maximum atomic E-state index is 12.5. The summed E-state index contributed by atoms with van der Waals surface area (Å²) >= 11 is 1.72. The second-order valence-corrected chi connectivity index (χ2v) is 6.92. The fourth-order valence-corrected chi connectivity index (χ4v) is 4.11. The first-order chi connectivity index (χ1) is 10.1. The lowest BCUT2D eigenvalue weighted by Crippen LogP contribution is -2.42. The number of fused-ring (bicyclic) bond motifs is 1. The molecule has 0 saturated heterocycles. The van der Waals surface area contributed by atoms with E-state index in [1.807, 2.05) is 24.1 Å². The topological polar surface area (TPSA) is 46.3 Å². The molecule has 1 aromatic carbocycles. The quantitative estimate of drug-likeness (QED) is 0.929. The zero-order valence-corrected chi connectivity index (χ0v) is 14.5. The van der Waals surface area contributed by atoms with E-state index in [2.05, 4.69) is 17.5 Å². The molecule has 0 bridgehead atoms. The second-order valence-electron chi connectivity index (χ2n) is 6.01. The van der Waals surface area contributed by atoms with Crippen molar-refractivity contribution in [1.29, 1.82) is 0 Å². The normalized spacial score (nSPS) is 21.4. The van der Waals surface area contributed by atoms with Gasteiger partial charge in [0.05, 0.1) is 6.42 Å². The number of halogens is 1. The zero-order chi connectivity index (χ0) is 14.8. The van der Waals surface area contributed by atoms with Crippen LogP contribution in [0.3, 0.4) is 0 Å². The molecule has 0 aliphatic heterocycles. The lowest BCUT2D eigenvalue weighted by Gasteiger charge is -2.33. The van der Waals surface area contributed by atoms with Crippen LogP contribution in [0, 0.1) is 0 Å². The molecule has 1 aromatic heterocycles. The van der Waals surface area contributed by atoms with Crippen molar-refractivity contribution in [3.05, 3.63) is 35.2 Å². The fraction of sp³-hybridized carbons (Fsp3) is 0.471. The number of hydrogen-bond acceptors (Lipinski definition) is 3. The highest BCUT2D eigenvalue weighted by Gasteiger charge is 2.25. The van der Waals surface area contributed by atoms with Crippen LogP contribution < -0.4 is 5.73 Å². The average molecular weight is 339 g/mol. The van der Waals surface area contributed by atoms with Crippen LogP contribution in [0.15, 0.2) is 29.6 Å². The van der Waals surface area contributed by atoms with Crippen LogP contribution in [0.5, 0.6) is 0 Å². The van der Waals surface area contributed by atoms with E-state index in [-0.39, 0.29) is 18.3 Å². The third kappa shape index (κ3) is 3.62. The van der Waals surface area contributed by atoms with E-state index in [1.165, 1.54) is 10.1 Å². The first-order valence-electron chi connectivity index (χ1n) is 7.61. The number of nitrogens with two attached hydrogens (primary N) is 1. The molecule has 5 heteroatoms. The molecule has 0 radical (unpaired) electrons.